The SMILES string of the molecule is CN(C)C(=O)[C@H]1CN(CC2=CCCOC2)C[C@@]12COc1ccccc1C(=O)N2. The lowest BCUT2D eigenvalue weighted by Gasteiger charge is -2.34. The zero-order chi connectivity index (χ0) is 19.7. The molecule has 0 radical (unpaired) electrons. The summed E-state index contributed by atoms with van der Waals surface area (Å²) in [5.74, 6) is 0.0126. The first-order chi connectivity index (χ1) is 13.5. The number of carbonyl (C=O) groups excluding carboxylic acids is 2. The van der Waals surface area contributed by atoms with E-state index in [1.165, 1.54) is 5.57 Å². The Balaban J connectivity index is 1.61. The Hall–Kier alpha value is -2.38. The number of nitrogens with zero attached hydrogens (tertiary/aromatic N) is 2. The van der Waals surface area contributed by atoms with Crippen molar-refractivity contribution >= 4 is 11.8 Å². The molecule has 150 valence electrons. The first-order valence-corrected chi connectivity index (χ1v) is 9.72. The normalized spacial score (nSPS) is 27.4. The standard InChI is InChI=1S/C21H27N3O4/c1-23(2)20(26)17-11-24(10-15-6-5-9-27-12-15)13-21(17)14-28-18-8-4-3-7-16(18)19(25)22-21/h3-4,6-8,17H,5,9-14H2,1-2H3,(H,22,25)/t17-,21-/m1/s1. The van der Waals surface area contributed by atoms with Crippen molar-refractivity contribution < 1.29 is 19.1 Å². The van der Waals surface area contributed by atoms with Crippen LogP contribution in [0.1, 0.15) is 16.8 Å². The van der Waals surface area contributed by atoms with Gasteiger partial charge in [0.2, 0.25) is 5.91 Å². The highest BCUT2D eigenvalue weighted by Crippen LogP contribution is 2.34. The predicted molar refractivity (Wildman–Crippen MR) is 104 cm³/mol. The van der Waals surface area contributed by atoms with Gasteiger partial charge in [-0.25, -0.2) is 0 Å². The number of carbonyl (C=O) groups is 2. The fourth-order valence-electron chi connectivity index (χ4n) is 4.35. The monoisotopic (exact) mass is 385 g/mol. The number of fused-ring (bicyclic) bond motifs is 1. The number of nitrogens with one attached hydrogen (secondary N) is 1. The van der Waals surface area contributed by atoms with Gasteiger partial charge in [0.15, 0.2) is 0 Å². The molecule has 0 aromatic heterocycles. The van der Waals surface area contributed by atoms with Crippen molar-refractivity contribution in [2.75, 3.05) is 53.6 Å². The summed E-state index contributed by atoms with van der Waals surface area (Å²) in [7, 11) is 3.51. The maximum absolute atomic E-state index is 13.0. The fourth-order valence-corrected chi connectivity index (χ4v) is 4.35. The van der Waals surface area contributed by atoms with E-state index in [0.717, 1.165) is 19.6 Å². The van der Waals surface area contributed by atoms with E-state index < -0.39 is 5.54 Å². The quantitative estimate of drug-likeness (QED) is 0.784. The fraction of sp³-hybridized carbons (Fsp3) is 0.524. The Morgan fingerprint density at radius 1 is 1.36 bits per heavy atom. The number of benzene rings is 1. The molecule has 1 aromatic rings. The Labute approximate surface area is 165 Å². The smallest absolute Gasteiger partial charge is 0.255 e. The van der Waals surface area contributed by atoms with Crippen LogP contribution in [0.15, 0.2) is 35.9 Å². The molecule has 1 N–H and O–H groups in total. The van der Waals surface area contributed by atoms with E-state index in [1.54, 1.807) is 31.1 Å². The lowest BCUT2D eigenvalue weighted by atomic mass is 9.86. The summed E-state index contributed by atoms with van der Waals surface area (Å²) in [6.07, 6.45) is 3.14. The van der Waals surface area contributed by atoms with Crippen LogP contribution in [0.5, 0.6) is 5.75 Å². The van der Waals surface area contributed by atoms with E-state index in [2.05, 4.69) is 16.3 Å². The zero-order valence-electron chi connectivity index (χ0n) is 16.4. The lowest BCUT2D eigenvalue weighted by Crippen LogP contribution is -2.60. The largest absolute Gasteiger partial charge is 0.490 e. The second-order valence-corrected chi connectivity index (χ2v) is 8.05. The number of rotatable bonds is 3. The molecular formula is C21H27N3O4. The summed E-state index contributed by atoms with van der Waals surface area (Å²) in [4.78, 5) is 29.8. The summed E-state index contributed by atoms with van der Waals surface area (Å²) in [6, 6.07) is 7.22. The summed E-state index contributed by atoms with van der Waals surface area (Å²) in [5.41, 5.74) is 0.980. The third kappa shape index (κ3) is 3.52. The summed E-state index contributed by atoms with van der Waals surface area (Å²) in [6.45, 7) is 3.54. The van der Waals surface area contributed by atoms with Crippen LogP contribution in [0.3, 0.4) is 0 Å². The summed E-state index contributed by atoms with van der Waals surface area (Å²) >= 11 is 0. The van der Waals surface area contributed by atoms with Crippen molar-refractivity contribution in [3.05, 3.63) is 41.5 Å². The molecule has 3 heterocycles. The summed E-state index contributed by atoms with van der Waals surface area (Å²) < 4.78 is 11.6. The van der Waals surface area contributed by atoms with Gasteiger partial charge in [0.1, 0.15) is 12.4 Å². The molecule has 2 amide bonds. The molecule has 1 saturated heterocycles. The van der Waals surface area contributed by atoms with Gasteiger partial charge in [-0.2, -0.15) is 0 Å². The number of hydrogen-bond donors (Lipinski definition) is 1. The second-order valence-electron chi connectivity index (χ2n) is 8.05. The molecule has 3 aliphatic heterocycles. The molecule has 7 nitrogen and oxygen atoms in total. The molecule has 0 bridgehead atoms. The highest BCUT2D eigenvalue weighted by molar-refractivity contribution is 5.98. The van der Waals surface area contributed by atoms with E-state index >= 15 is 0 Å². The number of para-hydroxylation sites is 1. The minimum atomic E-state index is -0.756. The van der Waals surface area contributed by atoms with Gasteiger partial charge in [-0.1, -0.05) is 18.2 Å². The minimum Gasteiger partial charge on any atom is -0.490 e. The van der Waals surface area contributed by atoms with Gasteiger partial charge in [-0.05, 0) is 24.1 Å². The molecule has 7 heteroatoms. The molecule has 1 aromatic carbocycles. The van der Waals surface area contributed by atoms with Crippen LogP contribution in [-0.2, 0) is 9.53 Å². The van der Waals surface area contributed by atoms with Gasteiger partial charge in [0, 0.05) is 33.7 Å². The Bertz CT molecular complexity index is 807. The van der Waals surface area contributed by atoms with Crippen LogP contribution in [0.2, 0.25) is 0 Å². The average Bonchev–Trinajstić information content (AvgIpc) is 2.96. The number of ether oxygens (including phenoxy) is 2. The van der Waals surface area contributed by atoms with Gasteiger partial charge in [0.05, 0.1) is 30.2 Å². The first-order valence-electron chi connectivity index (χ1n) is 9.72. The highest BCUT2D eigenvalue weighted by atomic mass is 16.5. The third-order valence-corrected chi connectivity index (χ3v) is 5.74. The average molecular weight is 385 g/mol. The number of likely N-dealkylation sites (tertiary alicyclic amines) is 1. The molecule has 4 rings (SSSR count). The van der Waals surface area contributed by atoms with Gasteiger partial charge in [0.25, 0.3) is 5.91 Å². The van der Waals surface area contributed by atoms with Crippen LogP contribution in [0, 0.1) is 5.92 Å². The maximum Gasteiger partial charge on any atom is 0.255 e. The van der Waals surface area contributed by atoms with Crippen LogP contribution in [0.25, 0.3) is 0 Å². The summed E-state index contributed by atoms with van der Waals surface area (Å²) in [5, 5.41) is 3.16. The molecule has 1 fully saturated rings. The molecule has 0 aliphatic carbocycles. The van der Waals surface area contributed by atoms with E-state index in [4.69, 9.17) is 9.47 Å². The Morgan fingerprint density at radius 2 is 2.18 bits per heavy atom. The molecule has 3 aliphatic rings. The van der Waals surface area contributed by atoms with E-state index in [0.29, 0.717) is 31.0 Å². The van der Waals surface area contributed by atoms with Crippen LogP contribution in [0.4, 0.5) is 0 Å². The third-order valence-electron chi connectivity index (χ3n) is 5.74. The van der Waals surface area contributed by atoms with Crippen LogP contribution >= 0.6 is 0 Å². The lowest BCUT2D eigenvalue weighted by molar-refractivity contribution is -0.134. The molecule has 2 atom stereocenters. The van der Waals surface area contributed by atoms with Crippen LogP contribution in [-0.4, -0.2) is 80.7 Å². The number of amides is 2. The number of hydrogen-bond acceptors (Lipinski definition) is 5. The second kappa shape index (κ2) is 7.56. The van der Waals surface area contributed by atoms with E-state index in [1.807, 2.05) is 12.1 Å². The van der Waals surface area contributed by atoms with Crippen molar-refractivity contribution in [3.8, 4) is 5.75 Å². The van der Waals surface area contributed by atoms with E-state index in [-0.39, 0.29) is 24.3 Å². The zero-order valence-corrected chi connectivity index (χ0v) is 16.4. The van der Waals surface area contributed by atoms with Gasteiger partial charge >= 0.3 is 0 Å². The molecule has 0 unspecified atom stereocenters. The molecule has 1 spiro atoms. The molecule has 28 heavy (non-hydrogen) atoms. The van der Waals surface area contributed by atoms with Crippen molar-refractivity contribution in [3.63, 3.8) is 0 Å². The van der Waals surface area contributed by atoms with Crippen molar-refractivity contribution in [1.82, 2.24) is 15.1 Å². The van der Waals surface area contributed by atoms with Crippen molar-refractivity contribution in [2.45, 2.75) is 12.0 Å². The molecule has 0 saturated carbocycles. The van der Waals surface area contributed by atoms with Gasteiger partial charge < -0.3 is 19.7 Å². The molecular weight excluding hydrogens is 358 g/mol. The first kappa shape index (κ1) is 19.0. The van der Waals surface area contributed by atoms with Gasteiger partial charge in [-0.15, -0.1) is 0 Å². The van der Waals surface area contributed by atoms with Crippen LogP contribution < -0.4 is 10.1 Å². The Kier molecular flexibility index (Phi) is 5.12. The van der Waals surface area contributed by atoms with E-state index in [9.17, 15) is 9.59 Å². The maximum atomic E-state index is 13.0. The van der Waals surface area contributed by atoms with Crippen molar-refractivity contribution in [1.29, 1.82) is 0 Å². The Morgan fingerprint density at radius 3 is 2.93 bits per heavy atom. The predicted octanol–water partition coefficient (Wildman–Crippen LogP) is 0.914. The highest BCUT2D eigenvalue weighted by Gasteiger charge is 2.53. The minimum absolute atomic E-state index is 0.00577. The topological polar surface area (TPSA) is 71.1 Å². The van der Waals surface area contributed by atoms with Crippen molar-refractivity contribution in [2.24, 2.45) is 5.92 Å². The van der Waals surface area contributed by atoms with Gasteiger partial charge in [-0.3, -0.25) is 14.5 Å².